The number of nitrogens with one attached hydrogen (secondary N) is 1. The van der Waals surface area contributed by atoms with E-state index in [1.807, 2.05) is 25.7 Å². The van der Waals surface area contributed by atoms with Gasteiger partial charge in [0.1, 0.15) is 11.6 Å². The van der Waals surface area contributed by atoms with Crippen molar-refractivity contribution in [2.24, 2.45) is 0 Å². The van der Waals surface area contributed by atoms with Gasteiger partial charge in [-0.2, -0.15) is 0 Å². The number of benzene rings is 1. The van der Waals surface area contributed by atoms with Crippen molar-refractivity contribution in [3.05, 3.63) is 56.8 Å². The number of aromatic nitrogens is 2. The number of nitrogens with zero attached hydrogens (tertiary/aromatic N) is 2. The summed E-state index contributed by atoms with van der Waals surface area (Å²) >= 11 is 0. The zero-order valence-corrected chi connectivity index (χ0v) is 17.6. The quantitative estimate of drug-likeness (QED) is 0.776. The summed E-state index contributed by atoms with van der Waals surface area (Å²) in [5.41, 5.74) is 2.26. The lowest BCUT2D eigenvalue weighted by atomic mass is 9.77. The Morgan fingerprint density at radius 1 is 1.28 bits per heavy atom. The lowest BCUT2D eigenvalue weighted by molar-refractivity contribution is 0.0632. The number of likely N-dealkylation sites (tertiary alicyclic amines) is 1. The van der Waals surface area contributed by atoms with Crippen LogP contribution < -0.4 is 5.56 Å². The summed E-state index contributed by atoms with van der Waals surface area (Å²) in [6, 6.07) is 5.07. The number of carbonyl (C=O) groups excluding carboxylic acids is 1. The van der Waals surface area contributed by atoms with Crippen LogP contribution in [0.3, 0.4) is 0 Å². The van der Waals surface area contributed by atoms with Crippen molar-refractivity contribution in [3.63, 3.8) is 0 Å². The number of hydrogen-bond donors (Lipinski definition) is 2. The Bertz CT molecular complexity index is 1030. The van der Waals surface area contributed by atoms with Crippen molar-refractivity contribution in [1.82, 2.24) is 14.9 Å². The predicted molar refractivity (Wildman–Crippen MR) is 112 cm³/mol. The largest absolute Gasteiger partial charge is 0.508 e. The molecule has 2 aromatic rings. The number of phenols is 1. The van der Waals surface area contributed by atoms with Gasteiger partial charge in [0.25, 0.3) is 11.5 Å². The van der Waals surface area contributed by atoms with E-state index in [0.29, 0.717) is 36.5 Å². The molecule has 1 fully saturated rings. The van der Waals surface area contributed by atoms with Gasteiger partial charge in [-0.3, -0.25) is 9.59 Å². The van der Waals surface area contributed by atoms with Crippen LogP contribution >= 0.6 is 0 Å². The number of phenolic OH excluding ortho intramolecular Hbond substituents is 1. The summed E-state index contributed by atoms with van der Waals surface area (Å²) in [6.45, 7) is 9.14. The lowest BCUT2D eigenvalue weighted by Crippen LogP contribution is -2.48. The van der Waals surface area contributed by atoms with Gasteiger partial charge in [-0.05, 0) is 44.7 Å². The molecule has 0 saturated carbocycles. The Morgan fingerprint density at radius 3 is 2.76 bits per heavy atom. The van der Waals surface area contributed by atoms with E-state index in [1.165, 1.54) is 0 Å². The summed E-state index contributed by atoms with van der Waals surface area (Å²) in [5.74, 6) is 0.776. The molecule has 1 spiro atoms. The lowest BCUT2D eigenvalue weighted by Gasteiger charge is -2.41. The van der Waals surface area contributed by atoms with E-state index in [4.69, 9.17) is 4.98 Å². The number of aromatic hydroxyl groups is 1. The summed E-state index contributed by atoms with van der Waals surface area (Å²) in [7, 11) is 0. The fraction of sp³-hybridized carbons (Fsp3) is 0.522. The van der Waals surface area contributed by atoms with Crippen molar-refractivity contribution in [1.29, 1.82) is 0 Å². The summed E-state index contributed by atoms with van der Waals surface area (Å²) in [6.07, 6.45) is 3.36. The minimum absolute atomic E-state index is 0.0379. The van der Waals surface area contributed by atoms with Crippen LogP contribution in [-0.4, -0.2) is 39.0 Å². The zero-order chi connectivity index (χ0) is 21.0. The van der Waals surface area contributed by atoms with Crippen molar-refractivity contribution in [3.8, 4) is 5.75 Å². The highest BCUT2D eigenvalue weighted by atomic mass is 16.3. The molecule has 154 valence electrons. The van der Waals surface area contributed by atoms with Crippen molar-refractivity contribution >= 4 is 5.91 Å². The van der Waals surface area contributed by atoms with Crippen LogP contribution in [0.25, 0.3) is 0 Å². The molecule has 2 N–H and O–H groups in total. The number of H-pyrrole nitrogens is 1. The Balaban J connectivity index is 1.71. The highest BCUT2D eigenvalue weighted by Gasteiger charge is 2.46. The van der Waals surface area contributed by atoms with Crippen LogP contribution in [0.15, 0.2) is 23.0 Å². The monoisotopic (exact) mass is 395 g/mol. The minimum Gasteiger partial charge on any atom is -0.508 e. The Kier molecular flexibility index (Phi) is 4.56. The van der Waals surface area contributed by atoms with Gasteiger partial charge in [0.05, 0.1) is 5.69 Å². The van der Waals surface area contributed by atoms with Gasteiger partial charge in [-0.1, -0.05) is 26.8 Å². The van der Waals surface area contributed by atoms with E-state index < -0.39 is 0 Å². The molecule has 2 heterocycles. The molecule has 1 saturated heterocycles. The predicted octanol–water partition coefficient (Wildman–Crippen LogP) is 3.20. The molecular formula is C23H29N3O3. The molecule has 1 amide bonds. The standard InChI is InChI=1S/C23H29N3O3/c1-14-15(7-5-8-17(14)27)20(29)26-12-6-10-23(13-26)11-9-16-18(23)24-21(22(2,3)4)25-19(16)28/h5,7-8,27H,6,9-13H2,1-4H3,(H,24,25,28). The van der Waals surface area contributed by atoms with Crippen molar-refractivity contribution in [2.45, 2.75) is 64.2 Å². The fourth-order valence-electron chi connectivity index (χ4n) is 4.73. The van der Waals surface area contributed by atoms with Gasteiger partial charge in [0.2, 0.25) is 0 Å². The molecule has 1 aliphatic heterocycles. The second-order valence-electron chi connectivity index (χ2n) is 9.55. The number of carbonyl (C=O) groups is 1. The van der Waals surface area contributed by atoms with E-state index in [2.05, 4.69) is 4.98 Å². The van der Waals surface area contributed by atoms with E-state index in [9.17, 15) is 14.7 Å². The van der Waals surface area contributed by atoms with Gasteiger partial charge in [0.15, 0.2) is 0 Å². The average molecular weight is 396 g/mol. The van der Waals surface area contributed by atoms with E-state index >= 15 is 0 Å². The molecule has 1 atom stereocenters. The number of fused-ring (bicyclic) bond motifs is 2. The maximum absolute atomic E-state index is 13.2. The van der Waals surface area contributed by atoms with Gasteiger partial charge in [0, 0.05) is 40.6 Å². The van der Waals surface area contributed by atoms with Crippen LogP contribution in [0.2, 0.25) is 0 Å². The second kappa shape index (κ2) is 6.71. The normalized spacial score (nSPS) is 21.4. The molecule has 6 nitrogen and oxygen atoms in total. The Hall–Kier alpha value is -2.63. The van der Waals surface area contributed by atoms with E-state index in [-0.39, 0.29) is 28.0 Å². The van der Waals surface area contributed by atoms with Gasteiger partial charge < -0.3 is 15.0 Å². The molecule has 0 radical (unpaired) electrons. The van der Waals surface area contributed by atoms with Crippen LogP contribution in [0.1, 0.15) is 73.0 Å². The molecular weight excluding hydrogens is 366 g/mol. The molecule has 1 unspecified atom stereocenters. The first-order valence-electron chi connectivity index (χ1n) is 10.3. The molecule has 2 aliphatic rings. The van der Waals surface area contributed by atoms with Crippen molar-refractivity contribution < 1.29 is 9.90 Å². The highest BCUT2D eigenvalue weighted by molar-refractivity contribution is 5.96. The first-order chi connectivity index (χ1) is 13.6. The molecule has 29 heavy (non-hydrogen) atoms. The van der Waals surface area contributed by atoms with Crippen LogP contribution in [0, 0.1) is 6.92 Å². The van der Waals surface area contributed by atoms with E-state index in [1.54, 1.807) is 25.1 Å². The van der Waals surface area contributed by atoms with Crippen LogP contribution in [-0.2, 0) is 17.3 Å². The molecule has 4 rings (SSSR count). The summed E-state index contributed by atoms with van der Waals surface area (Å²) in [5, 5.41) is 10.0. The maximum atomic E-state index is 13.2. The molecule has 1 aromatic carbocycles. The molecule has 1 aromatic heterocycles. The van der Waals surface area contributed by atoms with Crippen LogP contribution in [0.5, 0.6) is 5.75 Å². The summed E-state index contributed by atoms with van der Waals surface area (Å²) < 4.78 is 0. The maximum Gasteiger partial charge on any atom is 0.254 e. The highest BCUT2D eigenvalue weighted by Crippen LogP contribution is 2.43. The summed E-state index contributed by atoms with van der Waals surface area (Å²) in [4.78, 5) is 35.7. The molecule has 6 heteroatoms. The smallest absolute Gasteiger partial charge is 0.254 e. The number of aromatic amines is 1. The SMILES string of the molecule is Cc1c(O)cccc1C(=O)N1CCCC2(CCc3c2nc(C(C)(C)C)[nH]c3=O)C1. The first-order valence-corrected chi connectivity index (χ1v) is 10.3. The average Bonchev–Trinajstić information content (AvgIpc) is 3.01. The fourth-order valence-corrected chi connectivity index (χ4v) is 4.73. The van der Waals surface area contributed by atoms with E-state index in [0.717, 1.165) is 30.5 Å². The second-order valence-corrected chi connectivity index (χ2v) is 9.55. The van der Waals surface area contributed by atoms with Crippen molar-refractivity contribution in [2.75, 3.05) is 13.1 Å². The Labute approximate surface area is 171 Å². The third-order valence-corrected chi connectivity index (χ3v) is 6.48. The Morgan fingerprint density at radius 2 is 2.03 bits per heavy atom. The van der Waals surface area contributed by atoms with Crippen LogP contribution in [0.4, 0.5) is 0 Å². The van der Waals surface area contributed by atoms with Gasteiger partial charge >= 0.3 is 0 Å². The zero-order valence-electron chi connectivity index (χ0n) is 17.6. The van der Waals surface area contributed by atoms with Gasteiger partial charge in [-0.25, -0.2) is 4.98 Å². The molecule has 0 bridgehead atoms. The molecule has 1 aliphatic carbocycles. The topological polar surface area (TPSA) is 86.3 Å². The van der Waals surface area contributed by atoms with Gasteiger partial charge in [-0.15, -0.1) is 0 Å². The first kappa shape index (κ1) is 19.7. The third-order valence-electron chi connectivity index (χ3n) is 6.48. The number of rotatable bonds is 1. The number of piperidine rings is 1. The third kappa shape index (κ3) is 3.24. The number of hydrogen-bond acceptors (Lipinski definition) is 4. The minimum atomic E-state index is -0.262. The number of amides is 1.